The summed E-state index contributed by atoms with van der Waals surface area (Å²) < 4.78 is 5.71. The Balaban J connectivity index is 1.41. The first kappa shape index (κ1) is 18.9. The van der Waals surface area contributed by atoms with Gasteiger partial charge in [0, 0.05) is 10.3 Å². The fourth-order valence-corrected chi connectivity index (χ4v) is 3.80. The number of nitrogens with zero attached hydrogens (tertiary/aromatic N) is 2. The van der Waals surface area contributed by atoms with Crippen molar-refractivity contribution in [2.45, 2.75) is 19.5 Å². The van der Waals surface area contributed by atoms with Gasteiger partial charge in [-0.05, 0) is 30.5 Å². The first-order valence-corrected chi connectivity index (χ1v) is 9.79. The lowest BCUT2D eigenvalue weighted by atomic mass is 10.2. The molecule has 1 aromatic carbocycles. The maximum atomic E-state index is 12.5. The van der Waals surface area contributed by atoms with Gasteiger partial charge in [-0.3, -0.25) is 19.3 Å². The molecule has 1 aliphatic rings. The summed E-state index contributed by atoms with van der Waals surface area (Å²) in [5, 5.41) is 5.41. The summed E-state index contributed by atoms with van der Waals surface area (Å²) in [7, 11) is 0. The number of nitrogens with one attached hydrogen (secondary N) is 1. The molecule has 0 spiro atoms. The summed E-state index contributed by atoms with van der Waals surface area (Å²) in [5.74, 6) is -1.95. The molecule has 1 fully saturated rings. The summed E-state index contributed by atoms with van der Waals surface area (Å²) in [6.45, 7) is 1.21. The number of carbonyl (C=O) groups is 4. The third-order valence-corrected chi connectivity index (χ3v) is 5.44. The van der Waals surface area contributed by atoms with E-state index in [0.717, 1.165) is 15.2 Å². The fraction of sp³-hybridized carbons (Fsp3) is 0.200. The number of rotatable bonds is 6. The molecule has 148 valence electrons. The highest BCUT2D eigenvalue weighted by Crippen LogP contribution is 2.24. The summed E-state index contributed by atoms with van der Waals surface area (Å²) in [6.07, 6.45) is 0. The number of thiophene rings is 1. The van der Waals surface area contributed by atoms with Gasteiger partial charge in [0.05, 0.1) is 12.6 Å². The molecular weight excluding hydrogens is 394 g/mol. The van der Waals surface area contributed by atoms with Crippen LogP contribution in [-0.2, 0) is 20.9 Å². The average Bonchev–Trinajstić information content (AvgIpc) is 3.41. The fourth-order valence-electron chi connectivity index (χ4n) is 3.11. The zero-order valence-corrected chi connectivity index (χ0v) is 16.3. The van der Waals surface area contributed by atoms with Gasteiger partial charge in [0.25, 0.3) is 0 Å². The van der Waals surface area contributed by atoms with E-state index in [1.807, 2.05) is 35.7 Å². The van der Waals surface area contributed by atoms with Gasteiger partial charge in [0.1, 0.15) is 17.9 Å². The van der Waals surface area contributed by atoms with E-state index in [1.165, 1.54) is 11.3 Å². The molecule has 5 amide bonds. The van der Waals surface area contributed by atoms with Crippen LogP contribution in [0.4, 0.5) is 4.79 Å². The van der Waals surface area contributed by atoms with Crippen molar-refractivity contribution in [2.75, 3.05) is 6.54 Å². The number of amides is 5. The molecule has 0 aliphatic carbocycles. The zero-order valence-electron chi connectivity index (χ0n) is 15.5. The minimum Gasteiger partial charge on any atom is -0.459 e. The molecule has 29 heavy (non-hydrogen) atoms. The second-order valence-electron chi connectivity index (χ2n) is 6.62. The highest BCUT2D eigenvalue weighted by atomic mass is 32.1. The van der Waals surface area contributed by atoms with Crippen LogP contribution in [0.3, 0.4) is 0 Å². The quantitative estimate of drug-likeness (QED) is 0.497. The van der Waals surface area contributed by atoms with E-state index < -0.39 is 36.3 Å². The second kappa shape index (κ2) is 7.51. The number of furan rings is 1. The lowest BCUT2D eigenvalue weighted by Gasteiger charge is -2.16. The van der Waals surface area contributed by atoms with Crippen LogP contribution in [-0.4, -0.2) is 40.1 Å². The first-order chi connectivity index (χ1) is 13.9. The van der Waals surface area contributed by atoms with Crippen LogP contribution in [0.5, 0.6) is 0 Å². The molecule has 1 saturated heterocycles. The molecule has 3 heterocycles. The number of hydrogen-bond acceptors (Lipinski definition) is 6. The first-order valence-electron chi connectivity index (χ1n) is 8.91. The van der Waals surface area contributed by atoms with E-state index in [-0.39, 0.29) is 6.54 Å². The molecule has 9 heteroatoms. The van der Waals surface area contributed by atoms with Crippen LogP contribution in [0, 0.1) is 0 Å². The number of urea groups is 1. The van der Waals surface area contributed by atoms with Crippen LogP contribution < -0.4 is 5.32 Å². The third kappa shape index (κ3) is 3.64. The molecule has 0 unspecified atom stereocenters. The second-order valence-corrected chi connectivity index (χ2v) is 7.65. The molecule has 0 bridgehead atoms. The van der Waals surface area contributed by atoms with Crippen molar-refractivity contribution in [3.05, 3.63) is 58.5 Å². The predicted octanol–water partition coefficient (Wildman–Crippen LogP) is 2.66. The Bertz CT molecular complexity index is 1070. The van der Waals surface area contributed by atoms with E-state index in [1.54, 1.807) is 19.1 Å². The van der Waals surface area contributed by atoms with Crippen LogP contribution in [0.15, 0.2) is 52.3 Å². The van der Waals surface area contributed by atoms with Crippen molar-refractivity contribution >= 4 is 46.1 Å². The van der Waals surface area contributed by atoms with E-state index >= 15 is 0 Å². The Morgan fingerprint density at radius 2 is 1.86 bits per heavy atom. The van der Waals surface area contributed by atoms with E-state index in [9.17, 15) is 19.2 Å². The number of benzene rings is 1. The highest BCUT2D eigenvalue weighted by Gasteiger charge is 2.45. The van der Waals surface area contributed by atoms with Crippen LogP contribution in [0.1, 0.15) is 23.6 Å². The average molecular weight is 411 g/mol. The van der Waals surface area contributed by atoms with Gasteiger partial charge in [-0.2, -0.15) is 0 Å². The molecule has 3 aromatic rings. The van der Waals surface area contributed by atoms with Crippen molar-refractivity contribution in [3.63, 3.8) is 0 Å². The minimum atomic E-state index is -1.00. The van der Waals surface area contributed by atoms with Gasteiger partial charge in [0.15, 0.2) is 0 Å². The van der Waals surface area contributed by atoms with Crippen LogP contribution >= 0.6 is 11.3 Å². The Hall–Kier alpha value is -3.46. The maximum Gasteiger partial charge on any atom is 0.335 e. The molecule has 8 nitrogen and oxygen atoms in total. The molecule has 1 N–H and O–H groups in total. The van der Waals surface area contributed by atoms with Gasteiger partial charge in [-0.15, -0.1) is 11.3 Å². The van der Waals surface area contributed by atoms with Gasteiger partial charge in [-0.25, -0.2) is 9.69 Å². The molecule has 1 atom stereocenters. The largest absolute Gasteiger partial charge is 0.459 e. The van der Waals surface area contributed by atoms with Crippen LogP contribution in [0.2, 0.25) is 0 Å². The number of fused-ring (bicyclic) bond motifs is 1. The topological polar surface area (TPSA) is 99.9 Å². The van der Waals surface area contributed by atoms with Gasteiger partial charge < -0.3 is 9.73 Å². The smallest absolute Gasteiger partial charge is 0.335 e. The van der Waals surface area contributed by atoms with Crippen molar-refractivity contribution in [3.8, 4) is 0 Å². The summed E-state index contributed by atoms with van der Waals surface area (Å²) in [6, 6.07) is 11.6. The van der Waals surface area contributed by atoms with E-state index in [4.69, 9.17) is 4.42 Å². The lowest BCUT2D eigenvalue weighted by Crippen LogP contribution is -2.42. The van der Waals surface area contributed by atoms with Gasteiger partial charge >= 0.3 is 17.8 Å². The SMILES string of the molecule is C[C@H](NC(=O)CN1C(=O)C(=O)N(Cc2cccs2)C1=O)c1cc2ccccc2o1. The Kier molecular flexibility index (Phi) is 4.89. The van der Waals surface area contributed by atoms with Crippen LogP contribution in [0.25, 0.3) is 11.0 Å². The van der Waals surface area contributed by atoms with E-state index in [2.05, 4.69) is 5.32 Å². The molecule has 0 radical (unpaired) electrons. The predicted molar refractivity (Wildman–Crippen MR) is 105 cm³/mol. The Labute approximate surface area is 169 Å². The maximum absolute atomic E-state index is 12.5. The Morgan fingerprint density at radius 1 is 1.10 bits per heavy atom. The van der Waals surface area contributed by atoms with Gasteiger partial charge in [0.2, 0.25) is 5.91 Å². The number of hydrogen-bond donors (Lipinski definition) is 1. The lowest BCUT2D eigenvalue weighted by molar-refractivity contribution is -0.144. The normalized spacial score (nSPS) is 15.4. The zero-order chi connectivity index (χ0) is 20.5. The van der Waals surface area contributed by atoms with E-state index in [0.29, 0.717) is 16.2 Å². The summed E-state index contributed by atoms with van der Waals surface area (Å²) >= 11 is 1.37. The number of imide groups is 2. The minimum absolute atomic E-state index is 0.00851. The van der Waals surface area contributed by atoms with Gasteiger partial charge in [-0.1, -0.05) is 24.3 Å². The summed E-state index contributed by atoms with van der Waals surface area (Å²) in [4.78, 5) is 51.5. The molecule has 0 saturated carbocycles. The van der Waals surface area contributed by atoms with Crippen molar-refractivity contribution < 1.29 is 23.6 Å². The summed E-state index contributed by atoms with van der Waals surface area (Å²) in [5.41, 5.74) is 0.698. The van der Waals surface area contributed by atoms with Crippen molar-refractivity contribution in [1.29, 1.82) is 0 Å². The molecule has 1 aliphatic heterocycles. The third-order valence-electron chi connectivity index (χ3n) is 4.58. The highest BCUT2D eigenvalue weighted by molar-refractivity contribution is 7.09. The molecular formula is C20H17N3O5S. The molecule has 4 rings (SSSR count). The van der Waals surface area contributed by atoms with Crippen molar-refractivity contribution in [2.24, 2.45) is 0 Å². The standard InChI is InChI=1S/C20H17N3O5S/c1-12(16-9-13-5-2-3-7-15(13)28-16)21-17(24)11-23-19(26)18(25)22(20(23)27)10-14-6-4-8-29-14/h2-9,12H,10-11H2,1H3,(H,21,24)/t12-/m0/s1. The molecule has 2 aromatic heterocycles. The number of carbonyl (C=O) groups excluding carboxylic acids is 4. The Morgan fingerprint density at radius 3 is 2.59 bits per heavy atom. The van der Waals surface area contributed by atoms with Crippen molar-refractivity contribution in [1.82, 2.24) is 15.1 Å². The number of para-hydroxylation sites is 1. The monoisotopic (exact) mass is 411 g/mol.